The van der Waals surface area contributed by atoms with E-state index in [0.29, 0.717) is 85.9 Å². The maximum atomic E-state index is 13.8. The van der Waals surface area contributed by atoms with Crippen molar-refractivity contribution in [2.45, 2.75) is 6.61 Å². The minimum absolute atomic E-state index is 0.0368. The number of amides is 4. The molecule has 3 aromatic rings. The second-order valence-corrected chi connectivity index (χ2v) is 16.7. The molecule has 5 rings (SSSR count). The lowest BCUT2D eigenvalue weighted by Crippen LogP contribution is -2.44. The van der Waals surface area contributed by atoms with Crippen LogP contribution in [0.15, 0.2) is 64.2 Å². The highest BCUT2D eigenvalue weighted by Gasteiger charge is 2.30. The molecular formula is C39H47N7O10S4. The average Bonchev–Trinajstić information content (AvgIpc) is 3.89. The number of aromatic nitrogens is 2. The van der Waals surface area contributed by atoms with Gasteiger partial charge in [-0.3, -0.25) is 43.5 Å². The molecule has 0 unspecified atom stereocenters. The van der Waals surface area contributed by atoms with Gasteiger partial charge in [0.15, 0.2) is 0 Å². The minimum Gasteiger partial charge on any atom is -0.405 e. The predicted molar refractivity (Wildman–Crippen MR) is 236 cm³/mol. The first kappa shape index (κ1) is 46.6. The number of hydrogen-bond donors (Lipinski definition) is 2. The Hall–Kier alpha value is -4.48. The first-order valence-corrected chi connectivity index (χ1v) is 21.8. The second-order valence-electron chi connectivity index (χ2n) is 13.2. The van der Waals surface area contributed by atoms with E-state index < -0.39 is 34.7 Å². The number of carbonyl (C=O) groups excluding carboxylic acids is 4. The summed E-state index contributed by atoms with van der Waals surface area (Å²) in [5, 5.41) is 5.54. The van der Waals surface area contributed by atoms with Crippen LogP contribution in [0.4, 0.5) is 0 Å². The van der Waals surface area contributed by atoms with Crippen molar-refractivity contribution in [2.24, 2.45) is 7.05 Å². The van der Waals surface area contributed by atoms with Gasteiger partial charge in [0, 0.05) is 71.5 Å². The smallest absolute Gasteiger partial charge is 0.296 e. The van der Waals surface area contributed by atoms with Crippen molar-refractivity contribution < 1.29 is 38.2 Å². The Labute approximate surface area is 366 Å². The Morgan fingerprint density at radius 3 is 1.80 bits per heavy atom. The number of thiocarbonyl (C=S) groups is 2. The van der Waals surface area contributed by atoms with Gasteiger partial charge in [-0.05, 0) is 29.8 Å². The third-order valence-electron chi connectivity index (χ3n) is 9.27. The molecule has 17 nitrogen and oxygen atoms in total. The summed E-state index contributed by atoms with van der Waals surface area (Å²) < 4.78 is 19.0. The lowest BCUT2D eigenvalue weighted by Gasteiger charge is -2.23. The first-order chi connectivity index (χ1) is 29.0. The van der Waals surface area contributed by atoms with E-state index >= 15 is 0 Å². The first-order valence-electron chi connectivity index (χ1n) is 19.1. The highest BCUT2D eigenvalue weighted by molar-refractivity contribution is 8.23. The summed E-state index contributed by atoms with van der Waals surface area (Å²) in [6.07, 6.45) is 0. The molecule has 0 bridgehead atoms. The van der Waals surface area contributed by atoms with Gasteiger partial charge in [0.25, 0.3) is 34.7 Å². The number of ether oxygens (including phenoxy) is 3. The summed E-state index contributed by atoms with van der Waals surface area (Å²) in [5.74, 6) is -0.899. The number of carbonyl (C=O) groups is 4. The number of pyridine rings is 2. The fourth-order valence-corrected chi connectivity index (χ4v) is 8.39. The van der Waals surface area contributed by atoms with Gasteiger partial charge in [-0.1, -0.05) is 78.3 Å². The summed E-state index contributed by atoms with van der Waals surface area (Å²) in [7, 11) is 3.02. The van der Waals surface area contributed by atoms with Gasteiger partial charge in [0.2, 0.25) is 0 Å². The maximum absolute atomic E-state index is 13.8. The summed E-state index contributed by atoms with van der Waals surface area (Å²) in [6, 6.07) is 14.5. The molecule has 0 saturated carbocycles. The van der Waals surface area contributed by atoms with Crippen LogP contribution in [0.5, 0.6) is 0 Å². The Kier molecular flexibility index (Phi) is 18.2. The van der Waals surface area contributed by atoms with Gasteiger partial charge in [0.05, 0.1) is 33.0 Å². The van der Waals surface area contributed by atoms with Gasteiger partial charge in [-0.2, -0.15) is 0 Å². The van der Waals surface area contributed by atoms with E-state index in [1.165, 1.54) is 64.6 Å². The summed E-state index contributed by atoms with van der Waals surface area (Å²) >= 11 is 13.3. The zero-order valence-electron chi connectivity index (χ0n) is 33.3. The van der Waals surface area contributed by atoms with E-state index in [1.54, 1.807) is 7.11 Å². The number of nitrogens with zero attached hydrogens (tertiary/aromatic N) is 5. The van der Waals surface area contributed by atoms with E-state index in [1.807, 2.05) is 35.2 Å². The molecule has 2 aromatic heterocycles. The van der Waals surface area contributed by atoms with Gasteiger partial charge in [-0.15, -0.1) is 4.73 Å². The molecule has 0 aliphatic carbocycles. The quantitative estimate of drug-likeness (QED) is 0.109. The van der Waals surface area contributed by atoms with Crippen LogP contribution < -0.4 is 26.6 Å². The Morgan fingerprint density at radius 1 is 0.700 bits per heavy atom. The largest absolute Gasteiger partial charge is 0.405 e. The molecule has 0 atom stereocenters. The molecule has 4 heterocycles. The monoisotopic (exact) mass is 901 g/mol. The van der Waals surface area contributed by atoms with E-state index in [4.69, 9.17) is 43.5 Å². The third-order valence-corrected chi connectivity index (χ3v) is 12.1. The van der Waals surface area contributed by atoms with E-state index in [2.05, 4.69) is 10.6 Å². The van der Waals surface area contributed by atoms with Crippen LogP contribution >= 0.6 is 48.0 Å². The van der Waals surface area contributed by atoms with Crippen molar-refractivity contribution in [3.63, 3.8) is 0 Å². The van der Waals surface area contributed by atoms with Crippen molar-refractivity contribution in [2.75, 3.05) is 97.5 Å². The van der Waals surface area contributed by atoms with Gasteiger partial charge >= 0.3 is 0 Å². The van der Waals surface area contributed by atoms with Gasteiger partial charge in [0.1, 0.15) is 37.8 Å². The molecule has 322 valence electrons. The lowest BCUT2D eigenvalue weighted by molar-refractivity contribution is 0.0196. The summed E-state index contributed by atoms with van der Waals surface area (Å²) in [6.45, 7) is 3.97. The number of nitrogens with one attached hydrogen (secondary N) is 2. The molecule has 2 N–H and O–H groups in total. The van der Waals surface area contributed by atoms with Crippen LogP contribution in [-0.4, -0.2) is 154 Å². The van der Waals surface area contributed by atoms with Crippen LogP contribution in [0, 0.1) is 0 Å². The van der Waals surface area contributed by atoms with Crippen molar-refractivity contribution >= 4 is 80.2 Å². The Morgan fingerprint density at radius 2 is 1.23 bits per heavy atom. The molecule has 60 heavy (non-hydrogen) atoms. The van der Waals surface area contributed by atoms with Crippen LogP contribution in [0.25, 0.3) is 0 Å². The summed E-state index contributed by atoms with van der Waals surface area (Å²) in [5.41, 5.74) is -0.998. The molecule has 4 amide bonds. The SMILES string of the molecule is COCCOCCOCCN(CCNC(=O)c1ccc(C(=O)N2CCSC2=S)n(C)c1=O)CCNC(=O)c1ccc(C(=O)N2CCSC2=S)n(OCc2ccccc2)c1=O. The predicted octanol–water partition coefficient (Wildman–Crippen LogP) is 1.27. The molecular weight excluding hydrogens is 855 g/mol. The highest BCUT2D eigenvalue weighted by atomic mass is 32.2. The number of methoxy groups -OCH3 is 1. The van der Waals surface area contributed by atoms with Gasteiger partial charge in [-0.25, -0.2) is 0 Å². The van der Waals surface area contributed by atoms with E-state index in [9.17, 15) is 28.8 Å². The van der Waals surface area contributed by atoms with Gasteiger partial charge < -0.3 is 34.2 Å². The molecule has 21 heteroatoms. The molecule has 2 fully saturated rings. The number of hydrogen-bond acceptors (Lipinski definition) is 15. The normalized spacial score (nSPS) is 13.9. The average molecular weight is 902 g/mol. The van der Waals surface area contributed by atoms with Crippen molar-refractivity contribution in [1.29, 1.82) is 0 Å². The van der Waals surface area contributed by atoms with Crippen molar-refractivity contribution in [1.82, 2.24) is 34.6 Å². The molecule has 2 saturated heterocycles. The Bertz CT molecular complexity index is 2150. The second kappa shape index (κ2) is 23.5. The van der Waals surface area contributed by atoms with Crippen LogP contribution in [-0.2, 0) is 27.9 Å². The maximum Gasteiger partial charge on any atom is 0.296 e. The van der Waals surface area contributed by atoms with Crippen molar-refractivity contribution in [3.05, 3.63) is 103 Å². The highest BCUT2D eigenvalue weighted by Crippen LogP contribution is 2.21. The number of thioether (sulfide) groups is 2. The van der Waals surface area contributed by atoms with Crippen LogP contribution in [0.2, 0.25) is 0 Å². The minimum atomic E-state index is -0.810. The molecule has 1 aromatic carbocycles. The zero-order chi connectivity index (χ0) is 43.0. The standard InChI is InChI=1S/C39H47N7O10S4/c1-42-30(36(51)44-17-24-59-38(44)57)10-8-28(34(42)49)32(47)40-12-14-43(16-19-54-22-23-55-21-20-53-2)15-13-41-33(48)29-9-11-31(37(52)45-18-25-60-39(45)58)46(35(29)50)56-26-27-6-4-3-5-7-27/h3-11H,12-26H2,1-2H3,(H,40,47)(H,41,48). The number of benzene rings is 1. The molecule has 0 radical (unpaired) electrons. The van der Waals surface area contributed by atoms with Crippen LogP contribution in [0.1, 0.15) is 47.3 Å². The van der Waals surface area contributed by atoms with Crippen molar-refractivity contribution in [3.8, 4) is 0 Å². The lowest BCUT2D eigenvalue weighted by atomic mass is 10.2. The fraction of sp³-hybridized carbons (Fsp3) is 0.436. The topological polar surface area (TPSA) is 183 Å². The van der Waals surface area contributed by atoms with E-state index in [0.717, 1.165) is 14.9 Å². The molecule has 2 aliphatic rings. The molecule has 0 spiro atoms. The zero-order valence-corrected chi connectivity index (χ0v) is 36.5. The summed E-state index contributed by atoms with van der Waals surface area (Å²) in [4.78, 5) is 90.7. The number of rotatable bonds is 22. The third kappa shape index (κ3) is 12.5. The molecule has 2 aliphatic heterocycles. The Balaban J connectivity index is 1.22. The van der Waals surface area contributed by atoms with E-state index in [-0.39, 0.29) is 42.2 Å². The fourth-order valence-electron chi connectivity index (χ4n) is 5.99. The van der Waals surface area contributed by atoms with Crippen LogP contribution in [0.3, 0.4) is 0 Å².